The van der Waals surface area contributed by atoms with Crippen LogP contribution in [-0.4, -0.2) is 16.6 Å². The molecule has 1 aromatic rings. The van der Waals surface area contributed by atoms with E-state index in [0.717, 1.165) is 0 Å². The van der Waals surface area contributed by atoms with Gasteiger partial charge in [0.25, 0.3) is 0 Å². The highest BCUT2D eigenvalue weighted by Crippen LogP contribution is 2.10. The molecule has 2 rings (SSSR count). The monoisotopic (exact) mass is 204 g/mol. The highest BCUT2D eigenvalue weighted by molar-refractivity contribution is 5.22. The number of azo groups is 1. The number of allylic oxidation sites excluding steroid dienone is 2. The Bertz CT molecular complexity index is 487. The van der Waals surface area contributed by atoms with Crippen molar-refractivity contribution in [1.82, 2.24) is 9.97 Å². The predicted octanol–water partition coefficient (Wildman–Crippen LogP) is 1.28. The zero-order chi connectivity index (χ0) is 10.5. The highest BCUT2D eigenvalue weighted by Gasteiger charge is 1.97. The molecule has 1 aromatic heterocycles. The zero-order valence-corrected chi connectivity index (χ0v) is 7.75. The maximum atomic E-state index is 10.8. The first kappa shape index (κ1) is 9.32. The van der Waals surface area contributed by atoms with Crippen molar-refractivity contribution in [2.75, 3.05) is 6.61 Å². The van der Waals surface area contributed by atoms with Gasteiger partial charge in [0, 0.05) is 18.3 Å². The fraction of sp³-hybridized carbons (Fsp3) is 0.111. The number of nitrogens with zero attached hydrogens (tertiary/aromatic N) is 3. The Hall–Kier alpha value is -2.24. The summed E-state index contributed by atoms with van der Waals surface area (Å²) in [6, 6.07) is 1.55. The molecule has 0 unspecified atom stereocenters. The third-order valence-corrected chi connectivity index (χ3v) is 1.62. The lowest BCUT2D eigenvalue weighted by molar-refractivity contribution is 0.238. The molecule has 0 bridgehead atoms. The summed E-state index contributed by atoms with van der Waals surface area (Å²) in [7, 11) is 0. The molecule has 15 heavy (non-hydrogen) atoms. The number of H-pyrrole nitrogens is 1. The summed E-state index contributed by atoms with van der Waals surface area (Å²) in [6.45, 7) is 0.484. The molecule has 0 amide bonds. The summed E-state index contributed by atoms with van der Waals surface area (Å²) in [5.74, 6) is 0.754. The van der Waals surface area contributed by atoms with E-state index in [2.05, 4.69) is 20.2 Å². The van der Waals surface area contributed by atoms with E-state index in [4.69, 9.17) is 4.74 Å². The number of rotatable bonds is 2. The molecular weight excluding hydrogens is 196 g/mol. The quantitative estimate of drug-likeness (QED) is 0.737. The molecule has 6 heteroatoms. The van der Waals surface area contributed by atoms with Crippen molar-refractivity contribution in [3.8, 4) is 0 Å². The van der Waals surface area contributed by atoms with E-state index in [1.807, 2.05) is 12.2 Å². The minimum atomic E-state index is -0.454. The Morgan fingerprint density at radius 2 is 2.40 bits per heavy atom. The van der Waals surface area contributed by atoms with Crippen LogP contribution in [0.3, 0.4) is 0 Å². The smallest absolute Gasteiger partial charge is 0.346 e. The Balaban J connectivity index is 2.14. The third kappa shape index (κ3) is 2.60. The van der Waals surface area contributed by atoms with Gasteiger partial charge in [-0.05, 0) is 6.08 Å². The maximum Gasteiger partial charge on any atom is 0.346 e. The van der Waals surface area contributed by atoms with Crippen LogP contribution in [0.5, 0.6) is 0 Å². The normalized spacial score (nSPS) is 15.1. The average molecular weight is 204 g/mol. The van der Waals surface area contributed by atoms with Gasteiger partial charge >= 0.3 is 5.69 Å². The molecule has 0 saturated heterocycles. The molecule has 1 aliphatic heterocycles. The Labute approximate surface area is 85.0 Å². The van der Waals surface area contributed by atoms with E-state index >= 15 is 0 Å². The predicted molar refractivity (Wildman–Crippen MR) is 52.5 cm³/mol. The zero-order valence-electron chi connectivity index (χ0n) is 7.75. The van der Waals surface area contributed by atoms with Gasteiger partial charge in [-0.25, -0.2) is 9.78 Å². The van der Waals surface area contributed by atoms with Crippen molar-refractivity contribution in [3.05, 3.63) is 46.9 Å². The lowest BCUT2D eigenvalue weighted by Crippen LogP contribution is -2.07. The van der Waals surface area contributed by atoms with Gasteiger partial charge in [-0.3, -0.25) is 4.98 Å². The number of aromatic amines is 1. The lowest BCUT2D eigenvalue weighted by atomic mass is 10.4. The second-order valence-corrected chi connectivity index (χ2v) is 2.70. The molecule has 2 heterocycles. The van der Waals surface area contributed by atoms with E-state index < -0.39 is 5.69 Å². The first-order valence-electron chi connectivity index (χ1n) is 4.31. The van der Waals surface area contributed by atoms with Gasteiger partial charge in [0.2, 0.25) is 5.88 Å². The number of hydrogen-bond acceptors (Lipinski definition) is 5. The third-order valence-electron chi connectivity index (χ3n) is 1.62. The van der Waals surface area contributed by atoms with Gasteiger partial charge in [0.15, 0.2) is 5.82 Å². The van der Waals surface area contributed by atoms with Crippen molar-refractivity contribution in [2.24, 2.45) is 10.2 Å². The fourth-order valence-corrected chi connectivity index (χ4v) is 0.970. The minimum absolute atomic E-state index is 0.342. The van der Waals surface area contributed by atoms with E-state index in [1.54, 1.807) is 12.1 Å². The van der Waals surface area contributed by atoms with Gasteiger partial charge in [-0.1, -0.05) is 6.08 Å². The van der Waals surface area contributed by atoms with Crippen LogP contribution in [0.1, 0.15) is 0 Å². The standard InChI is InChI=1S/C9H8N4O2/c14-9-10-5-4-7(11-9)12-13-8-3-1-2-6-15-8/h1-5H,6H2,(H,10,11,14). The van der Waals surface area contributed by atoms with Crippen LogP contribution >= 0.6 is 0 Å². The largest absolute Gasteiger partial charge is 0.472 e. The molecule has 0 radical (unpaired) electrons. The van der Waals surface area contributed by atoms with Crippen LogP contribution in [0.25, 0.3) is 0 Å². The summed E-state index contributed by atoms with van der Waals surface area (Å²) in [5.41, 5.74) is -0.454. The summed E-state index contributed by atoms with van der Waals surface area (Å²) in [6.07, 6.45) is 6.73. The van der Waals surface area contributed by atoms with Crippen molar-refractivity contribution in [1.29, 1.82) is 0 Å². The van der Waals surface area contributed by atoms with Crippen molar-refractivity contribution in [3.63, 3.8) is 0 Å². The molecule has 6 nitrogen and oxygen atoms in total. The summed E-state index contributed by atoms with van der Waals surface area (Å²) < 4.78 is 5.14. The van der Waals surface area contributed by atoms with Crippen LogP contribution in [0.15, 0.2) is 51.4 Å². The summed E-state index contributed by atoms with van der Waals surface area (Å²) in [5, 5.41) is 7.60. The van der Waals surface area contributed by atoms with E-state index in [9.17, 15) is 4.79 Å². The Kier molecular flexibility index (Phi) is 2.68. The van der Waals surface area contributed by atoms with E-state index in [1.165, 1.54) is 6.20 Å². The Morgan fingerprint density at radius 1 is 1.47 bits per heavy atom. The average Bonchev–Trinajstić information content (AvgIpc) is 2.28. The lowest BCUT2D eigenvalue weighted by Gasteiger charge is -2.04. The van der Waals surface area contributed by atoms with Gasteiger partial charge in [0.1, 0.15) is 6.61 Å². The number of ether oxygens (including phenoxy) is 1. The second kappa shape index (κ2) is 4.32. The molecule has 0 saturated carbocycles. The second-order valence-electron chi connectivity index (χ2n) is 2.70. The van der Waals surface area contributed by atoms with Gasteiger partial charge in [-0.15, -0.1) is 10.2 Å². The molecule has 0 aromatic carbocycles. The molecule has 1 aliphatic rings. The molecule has 0 aliphatic carbocycles. The summed E-state index contributed by atoms with van der Waals surface area (Å²) in [4.78, 5) is 16.7. The molecule has 76 valence electrons. The van der Waals surface area contributed by atoms with Crippen molar-refractivity contribution in [2.45, 2.75) is 0 Å². The minimum Gasteiger partial charge on any atom is -0.472 e. The van der Waals surface area contributed by atoms with Crippen LogP contribution in [0, 0.1) is 0 Å². The Morgan fingerprint density at radius 3 is 3.13 bits per heavy atom. The maximum absolute atomic E-state index is 10.8. The van der Waals surface area contributed by atoms with Crippen LogP contribution in [0.2, 0.25) is 0 Å². The van der Waals surface area contributed by atoms with Gasteiger partial charge in [-0.2, -0.15) is 0 Å². The first-order valence-corrected chi connectivity index (χ1v) is 4.31. The molecule has 0 fully saturated rings. The topological polar surface area (TPSA) is 79.7 Å². The summed E-state index contributed by atoms with van der Waals surface area (Å²) >= 11 is 0. The number of hydrogen-bond donors (Lipinski definition) is 1. The van der Waals surface area contributed by atoms with E-state index in [0.29, 0.717) is 18.3 Å². The van der Waals surface area contributed by atoms with Crippen molar-refractivity contribution >= 4 is 5.82 Å². The first-order chi connectivity index (χ1) is 7.34. The SMILES string of the molecule is O=c1nccc(N=NC2=CC=CCO2)[nH]1. The number of nitrogens with one attached hydrogen (secondary N) is 1. The van der Waals surface area contributed by atoms with E-state index in [-0.39, 0.29) is 0 Å². The molecule has 0 atom stereocenters. The van der Waals surface area contributed by atoms with Crippen molar-refractivity contribution < 1.29 is 4.74 Å². The van der Waals surface area contributed by atoms with Crippen LogP contribution in [-0.2, 0) is 4.74 Å². The van der Waals surface area contributed by atoms with Crippen LogP contribution < -0.4 is 5.69 Å². The molecular formula is C9H8N4O2. The molecule has 1 N–H and O–H groups in total. The van der Waals surface area contributed by atoms with Crippen LogP contribution in [0.4, 0.5) is 5.82 Å². The highest BCUT2D eigenvalue weighted by atomic mass is 16.5. The van der Waals surface area contributed by atoms with Gasteiger partial charge in [0.05, 0.1) is 0 Å². The van der Waals surface area contributed by atoms with Gasteiger partial charge < -0.3 is 4.74 Å². The number of aromatic nitrogens is 2. The molecule has 0 spiro atoms. The fourth-order valence-electron chi connectivity index (χ4n) is 0.970.